The van der Waals surface area contributed by atoms with Crippen LogP contribution in [0.15, 0.2) is 40.9 Å². The van der Waals surface area contributed by atoms with E-state index >= 15 is 0 Å². The normalized spacial score (nSPS) is 10.4. The molecule has 110 valence electrons. The summed E-state index contributed by atoms with van der Waals surface area (Å²) < 4.78 is 0.845. The first-order valence-electron chi connectivity index (χ1n) is 6.86. The molecule has 2 rings (SSSR count). The van der Waals surface area contributed by atoms with Crippen LogP contribution >= 0.6 is 15.9 Å². The molecule has 3 N–H and O–H groups in total. The molecule has 21 heavy (non-hydrogen) atoms. The highest BCUT2D eigenvalue weighted by atomic mass is 79.9. The number of hydrogen-bond donors (Lipinski definition) is 2. The van der Waals surface area contributed by atoms with E-state index in [-0.39, 0.29) is 5.91 Å². The van der Waals surface area contributed by atoms with Crippen molar-refractivity contribution in [2.24, 2.45) is 0 Å². The van der Waals surface area contributed by atoms with Gasteiger partial charge in [0.15, 0.2) is 0 Å². The van der Waals surface area contributed by atoms with Gasteiger partial charge in [0.05, 0.1) is 5.69 Å². The summed E-state index contributed by atoms with van der Waals surface area (Å²) in [6.45, 7) is 3.99. The highest BCUT2D eigenvalue weighted by Gasteiger charge is 2.08. The maximum Gasteiger partial charge on any atom is 0.224 e. The molecule has 0 radical (unpaired) electrons. The zero-order valence-electron chi connectivity index (χ0n) is 12.2. The largest absolute Gasteiger partial charge is 0.398 e. The second-order valence-corrected chi connectivity index (χ2v) is 6.08. The van der Waals surface area contributed by atoms with Crippen molar-refractivity contribution in [2.75, 3.05) is 11.1 Å². The van der Waals surface area contributed by atoms with Gasteiger partial charge in [0.2, 0.25) is 5.91 Å². The Kier molecular flexibility index (Phi) is 5.02. The van der Waals surface area contributed by atoms with Crippen molar-refractivity contribution in [3.05, 3.63) is 57.6 Å². The molecule has 0 saturated carbocycles. The Morgan fingerprint density at radius 3 is 2.52 bits per heavy atom. The first-order chi connectivity index (χ1) is 9.95. The monoisotopic (exact) mass is 346 g/mol. The van der Waals surface area contributed by atoms with E-state index in [0.717, 1.165) is 16.5 Å². The molecule has 0 aliphatic carbocycles. The van der Waals surface area contributed by atoms with Gasteiger partial charge in [-0.25, -0.2) is 0 Å². The molecular weight excluding hydrogens is 328 g/mol. The van der Waals surface area contributed by atoms with Crippen LogP contribution in [0.4, 0.5) is 11.4 Å². The van der Waals surface area contributed by atoms with E-state index in [9.17, 15) is 4.79 Å². The van der Waals surface area contributed by atoms with Gasteiger partial charge in [-0.15, -0.1) is 0 Å². The van der Waals surface area contributed by atoms with E-state index in [1.165, 1.54) is 11.1 Å². The molecule has 0 saturated heterocycles. The van der Waals surface area contributed by atoms with Crippen molar-refractivity contribution >= 4 is 33.2 Å². The van der Waals surface area contributed by atoms with Crippen molar-refractivity contribution in [2.45, 2.75) is 26.7 Å². The molecule has 0 aliphatic rings. The average Bonchev–Trinajstić information content (AvgIpc) is 2.44. The van der Waals surface area contributed by atoms with Crippen LogP contribution in [0.3, 0.4) is 0 Å². The van der Waals surface area contributed by atoms with E-state index in [1.54, 1.807) is 6.07 Å². The van der Waals surface area contributed by atoms with Gasteiger partial charge in [-0.05, 0) is 59.5 Å². The Balaban J connectivity index is 1.96. The van der Waals surface area contributed by atoms with Crippen LogP contribution in [0, 0.1) is 13.8 Å². The van der Waals surface area contributed by atoms with Gasteiger partial charge in [-0.3, -0.25) is 4.79 Å². The molecule has 0 fully saturated rings. The molecule has 0 aliphatic heterocycles. The van der Waals surface area contributed by atoms with Crippen LogP contribution in [-0.2, 0) is 11.2 Å². The van der Waals surface area contributed by atoms with Gasteiger partial charge in [0.1, 0.15) is 0 Å². The number of aryl methyl sites for hydroxylation is 3. The number of carbonyl (C=O) groups excluding carboxylic acids is 1. The number of amides is 1. The van der Waals surface area contributed by atoms with Crippen molar-refractivity contribution in [3.8, 4) is 0 Å². The third kappa shape index (κ3) is 4.33. The van der Waals surface area contributed by atoms with E-state index in [2.05, 4.69) is 52.4 Å². The smallest absolute Gasteiger partial charge is 0.224 e. The second-order valence-electron chi connectivity index (χ2n) is 5.22. The number of nitrogens with one attached hydrogen (secondary N) is 1. The maximum absolute atomic E-state index is 12.0. The molecule has 1 amide bonds. The second kappa shape index (κ2) is 6.76. The number of nitrogens with two attached hydrogens (primary N) is 1. The highest BCUT2D eigenvalue weighted by Crippen LogP contribution is 2.27. The van der Waals surface area contributed by atoms with Crippen molar-refractivity contribution in [1.82, 2.24) is 0 Å². The van der Waals surface area contributed by atoms with Gasteiger partial charge in [0.25, 0.3) is 0 Å². The number of halogens is 1. The fourth-order valence-electron chi connectivity index (χ4n) is 2.01. The first-order valence-corrected chi connectivity index (χ1v) is 7.66. The lowest BCUT2D eigenvalue weighted by Crippen LogP contribution is -2.13. The summed E-state index contributed by atoms with van der Waals surface area (Å²) in [5.74, 6) is -0.0143. The van der Waals surface area contributed by atoms with Gasteiger partial charge >= 0.3 is 0 Å². The molecule has 0 spiro atoms. The minimum absolute atomic E-state index is 0.0143. The number of benzene rings is 2. The topological polar surface area (TPSA) is 55.1 Å². The lowest BCUT2D eigenvalue weighted by Gasteiger charge is -2.10. The zero-order valence-corrected chi connectivity index (χ0v) is 13.8. The fraction of sp³-hybridized carbons (Fsp3) is 0.235. The van der Waals surface area contributed by atoms with Gasteiger partial charge in [-0.1, -0.05) is 29.8 Å². The molecule has 0 bridgehead atoms. The van der Waals surface area contributed by atoms with Crippen molar-refractivity contribution < 1.29 is 4.79 Å². The maximum atomic E-state index is 12.0. The molecule has 3 nitrogen and oxygen atoms in total. The van der Waals surface area contributed by atoms with Crippen LogP contribution in [0.25, 0.3) is 0 Å². The molecule has 0 heterocycles. The fourth-order valence-corrected chi connectivity index (χ4v) is 2.57. The molecule has 2 aromatic carbocycles. The van der Waals surface area contributed by atoms with Gasteiger partial charge < -0.3 is 11.1 Å². The third-order valence-corrected chi connectivity index (χ3v) is 4.05. The third-order valence-electron chi connectivity index (χ3n) is 3.39. The summed E-state index contributed by atoms with van der Waals surface area (Å²) in [5.41, 5.74) is 10.6. The number of anilines is 2. The number of rotatable bonds is 4. The van der Waals surface area contributed by atoms with E-state index in [0.29, 0.717) is 17.8 Å². The summed E-state index contributed by atoms with van der Waals surface area (Å²) in [4.78, 5) is 12.0. The molecule has 2 aromatic rings. The van der Waals surface area contributed by atoms with E-state index in [1.807, 2.05) is 13.0 Å². The Labute approximate surface area is 133 Å². The number of carbonyl (C=O) groups is 1. The van der Waals surface area contributed by atoms with Crippen molar-refractivity contribution in [1.29, 1.82) is 0 Å². The Bertz CT molecular complexity index is 651. The average molecular weight is 347 g/mol. The van der Waals surface area contributed by atoms with Gasteiger partial charge in [0, 0.05) is 16.6 Å². The summed E-state index contributed by atoms with van der Waals surface area (Å²) >= 11 is 3.44. The zero-order chi connectivity index (χ0) is 15.4. The van der Waals surface area contributed by atoms with Crippen LogP contribution in [0.2, 0.25) is 0 Å². The highest BCUT2D eigenvalue weighted by molar-refractivity contribution is 9.10. The SMILES string of the molecule is Cc1ccc(CCC(=O)Nc2cc(N)c(C)cc2Br)cc1. The Hall–Kier alpha value is -1.81. The first kappa shape index (κ1) is 15.6. The summed E-state index contributed by atoms with van der Waals surface area (Å²) in [5, 5.41) is 2.89. The number of nitrogen functional groups attached to an aromatic ring is 1. The minimum atomic E-state index is -0.0143. The van der Waals surface area contributed by atoms with Crippen molar-refractivity contribution in [3.63, 3.8) is 0 Å². The Morgan fingerprint density at radius 2 is 1.86 bits per heavy atom. The predicted octanol–water partition coefficient (Wildman–Crippen LogP) is 4.22. The van der Waals surface area contributed by atoms with Gasteiger partial charge in [-0.2, -0.15) is 0 Å². The standard InChI is InChI=1S/C17H19BrN2O/c1-11-3-5-13(6-4-11)7-8-17(21)20-16-10-15(19)12(2)9-14(16)18/h3-6,9-10H,7-8,19H2,1-2H3,(H,20,21). The van der Waals surface area contributed by atoms with E-state index < -0.39 is 0 Å². The van der Waals surface area contributed by atoms with Crippen LogP contribution < -0.4 is 11.1 Å². The molecule has 0 aromatic heterocycles. The van der Waals surface area contributed by atoms with E-state index in [4.69, 9.17) is 5.73 Å². The molecular formula is C17H19BrN2O. The van der Waals surface area contributed by atoms with Crippen LogP contribution in [0.5, 0.6) is 0 Å². The molecule has 0 unspecified atom stereocenters. The predicted molar refractivity (Wildman–Crippen MR) is 91.4 cm³/mol. The van der Waals surface area contributed by atoms with Crippen LogP contribution in [-0.4, -0.2) is 5.91 Å². The lowest BCUT2D eigenvalue weighted by atomic mass is 10.1. The van der Waals surface area contributed by atoms with Crippen LogP contribution in [0.1, 0.15) is 23.1 Å². The number of hydrogen-bond acceptors (Lipinski definition) is 2. The summed E-state index contributed by atoms with van der Waals surface area (Å²) in [7, 11) is 0. The lowest BCUT2D eigenvalue weighted by molar-refractivity contribution is -0.116. The summed E-state index contributed by atoms with van der Waals surface area (Å²) in [6, 6.07) is 11.9. The summed E-state index contributed by atoms with van der Waals surface area (Å²) in [6.07, 6.45) is 1.17. The molecule has 4 heteroatoms. The minimum Gasteiger partial charge on any atom is -0.398 e. The Morgan fingerprint density at radius 1 is 1.19 bits per heavy atom. The quantitative estimate of drug-likeness (QED) is 0.814. The molecule has 0 atom stereocenters.